The predicted octanol–water partition coefficient (Wildman–Crippen LogP) is 2.18. The van der Waals surface area contributed by atoms with Crippen LogP contribution in [0.25, 0.3) is 0 Å². The molecule has 0 aliphatic rings. The second-order valence-corrected chi connectivity index (χ2v) is 4.56. The maximum atomic E-state index is 11.8. The van der Waals surface area contributed by atoms with Crippen molar-refractivity contribution in [2.75, 3.05) is 13.1 Å². The number of nitrogens with zero attached hydrogens (tertiary/aromatic N) is 2. The van der Waals surface area contributed by atoms with Crippen LogP contribution in [-0.4, -0.2) is 34.9 Å². The standard InChI is InChI=1S/C12H13N3O4S/c1-3-5-14(6-4-2)12(17)13-11(16)9-7-10(15(18)19)20-8-9/h3-4,7-8H,1-2,5-6H2,(H,13,16,17). The highest BCUT2D eigenvalue weighted by molar-refractivity contribution is 7.13. The summed E-state index contributed by atoms with van der Waals surface area (Å²) in [7, 11) is 0. The zero-order chi connectivity index (χ0) is 15.1. The topological polar surface area (TPSA) is 92.6 Å². The zero-order valence-electron chi connectivity index (χ0n) is 10.6. The fourth-order valence-electron chi connectivity index (χ4n) is 1.34. The van der Waals surface area contributed by atoms with Crippen LogP contribution in [-0.2, 0) is 0 Å². The fraction of sp³-hybridized carbons (Fsp3) is 0.167. The molecule has 20 heavy (non-hydrogen) atoms. The van der Waals surface area contributed by atoms with E-state index in [0.717, 1.165) is 17.4 Å². The first-order valence-electron chi connectivity index (χ1n) is 5.54. The van der Waals surface area contributed by atoms with Crippen molar-refractivity contribution in [1.82, 2.24) is 10.2 Å². The number of imide groups is 1. The molecule has 0 aliphatic carbocycles. The van der Waals surface area contributed by atoms with Crippen molar-refractivity contribution in [2.24, 2.45) is 0 Å². The van der Waals surface area contributed by atoms with Gasteiger partial charge in [-0.2, -0.15) is 0 Å². The largest absolute Gasteiger partial charge is 0.324 e. The number of thiophene rings is 1. The lowest BCUT2D eigenvalue weighted by Crippen LogP contribution is -2.42. The van der Waals surface area contributed by atoms with Crippen molar-refractivity contribution >= 4 is 28.3 Å². The first kappa shape index (κ1) is 15.6. The number of hydrogen-bond donors (Lipinski definition) is 1. The van der Waals surface area contributed by atoms with Crippen LogP contribution >= 0.6 is 11.3 Å². The van der Waals surface area contributed by atoms with Crippen LogP contribution in [0.2, 0.25) is 0 Å². The van der Waals surface area contributed by atoms with Crippen LogP contribution < -0.4 is 5.32 Å². The molecule has 1 aromatic heterocycles. The van der Waals surface area contributed by atoms with E-state index in [-0.39, 0.29) is 23.7 Å². The number of hydrogen-bond acceptors (Lipinski definition) is 5. The van der Waals surface area contributed by atoms with Crippen molar-refractivity contribution in [3.63, 3.8) is 0 Å². The van der Waals surface area contributed by atoms with Gasteiger partial charge in [-0.05, 0) is 0 Å². The second-order valence-electron chi connectivity index (χ2n) is 3.67. The number of carbonyl (C=O) groups is 2. The van der Waals surface area contributed by atoms with Crippen LogP contribution in [0.3, 0.4) is 0 Å². The van der Waals surface area contributed by atoms with Gasteiger partial charge in [-0.1, -0.05) is 23.5 Å². The molecule has 0 unspecified atom stereocenters. The van der Waals surface area contributed by atoms with Crippen molar-refractivity contribution < 1.29 is 14.5 Å². The maximum Gasteiger partial charge on any atom is 0.324 e. The Morgan fingerprint density at radius 1 is 1.40 bits per heavy atom. The first-order chi connectivity index (χ1) is 9.49. The number of urea groups is 1. The molecule has 3 amide bonds. The van der Waals surface area contributed by atoms with Crippen LogP contribution in [0.5, 0.6) is 0 Å². The first-order valence-corrected chi connectivity index (χ1v) is 6.42. The third-order valence-corrected chi connectivity index (χ3v) is 3.11. The molecule has 1 rings (SSSR count). The van der Waals surface area contributed by atoms with Crippen LogP contribution in [0, 0.1) is 10.1 Å². The Kier molecular flexibility index (Phi) is 5.60. The smallest absolute Gasteiger partial charge is 0.317 e. The molecular weight excluding hydrogens is 282 g/mol. The normalized spacial score (nSPS) is 9.60. The summed E-state index contributed by atoms with van der Waals surface area (Å²) in [6.07, 6.45) is 3.03. The Labute approximate surface area is 119 Å². The van der Waals surface area contributed by atoms with Gasteiger partial charge in [0.2, 0.25) is 0 Å². The van der Waals surface area contributed by atoms with Crippen LogP contribution in [0.15, 0.2) is 36.8 Å². The molecule has 0 radical (unpaired) electrons. The highest BCUT2D eigenvalue weighted by atomic mass is 32.1. The van der Waals surface area contributed by atoms with Gasteiger partial charge in [0.25, 0.3) is 5.91 Å². The molecule has 0 fully saturated rings. The summed E-state index contributed by atoms with van der Waals surface area (Å²) in [4.78, 5) is 34.8. The molecule has 7 nitrogen and oxygen atoms in total. The summed E-state index contributed by atoms with van der Waals surface area (Å²) in [6.45, 7) is 7.54. The van der Waals surface area contributed by atoms with Crippen molar-refractivity contribution in [2.45, 2.75) is 0 Å². The van der Waals surface area contributed by atoms with E-state index in [9.17, 15) is 19.7 Å². The van der Waals surface area contributed by atoms with E-state index in [1.807, 2.05) is 0 Å². The predicted molar refractivity (Wildman–Crippen MR) is 75.8 cm³/mol. The van der Waals surface area contributed by atoms with Gasteiger partial charge in [0.1, 0.15) is 0 Å². The highest BCUT2D eigenvalue weighted by Gasteiger charge is 2.19. The third-order valence-electron chi connectivity index (χ3n) is 2.23. The molecule has 1 aromatic rings. The zero-order valence-corrected chi connectivity index (χ0v) is 11.4. The van der Waals surface area contributed by atoms with Crippen LogP contribution in [0.1, 0.15) is 10.4 Å². The Morgan fingerprint density at radius 3 is 2.45 bits per heavy atom. The molecular formula is C12H13N3O4S. The van der Waals surface area contributed by atoms with E-state index in [4.69, 9.17) is 0 Å². The summed E-state index contributed by atoms with van der Waals surface area (Å²) >= 11 is 0.825. The quantitative estimate of drug-likeness (QED) is 0.494. The van der Waals surface area contributed by atoms with Crippen LogP contribution in [0.4, 0.5) is 9.80 Å². The van der Waals surface area contributed by atoms with Crippen molar-refractivity contribution in [3.05, 3.63) is 52.4 Å². The number of nitrogens with one attached hydrogen (secondary N) is 1. The van der Waals surface area contributed by atoms with Crippen molar-refractivity contribution in [1.29, 1.82) is 0 Å². The van der Waals surface area contributed by atoms with E-state index in [2.05, 4.69) is 18.5 Å². The molecule has 0 saturated heterocycles. The molecule has 0 aromatic carbocycles. The van der Waals surface area contributed by atoms with E-state index < -0.39 is 16.9 Å². The lowest BCUT2D eigenvalue weighted by Gasteiger charge is -2.18. The van der Waals surface area contributed by atoms with Gasteiger partial charge < -0.3 is 4.90 Å². The molecule has 0 atom stereocenters. The third kappa shape index (κ3) is 4.02. The van der Waals surface area contributed by atoms with E-state index in [1.54, 1.807) is 0 Å². The summed E-state index contributed by atoms with van der Waals surface area (Å²) < 4.78 is 0. The summed E-state index contributed by atoms with van der Waals surface area (Å²) in [5, 5.41) is 13.8. The molecule has 0 aliphatic heterocycles. The van der Waals surface area contributed by atoms with Gasteiger partial charge in [0, 0.05) is 24.5 Å². The molecule has 0 saturated carbocycles. The van der Waals surface area contributed by atoms with Gasteiger partial charge in [-0.3, -0.25) is 20.2 Å². The molecule has 0 bridgehead atoms. The SMILES string of the molecule is C=CCN(CC=C)C(=O)NC(=O)c1csc([N+](=O)[O-])c1. The highest BCUT2D eigenvalue weighted by Crippen LogP contribution is 2.22. The summed E-state index contributed by atoms with van der Waals surface area (Å²) in [5.41, 5.74) is 0.0761. The maximum absolute atomic E-state index is 11.8. The minimum absolute atomic E-state index is 0.0761. The number of carbonyl (C=O) groups excluding carboxylic acids is 2. The molecule has 0 spiro atoms. The number of nitro groups is 1. The lowest BCUT2D eigenvalue weighted by atomic mass is 10.3. The van der Waals surface area contributed by atoms with E-state index in [0.29, 0.717) is 0 Å². The van der Waals surface area contributed by atoms with Gasteiger partial charge >= 0.3 is 11.0 Å². The lowest BCUT2D eigenvalue weighted by molar-refractivity contribution is -0.380. The average Bonchev–Trinajstić information content (AvgIpc) is 2.88. The van der Waals surface area contributed by atoms with Crippen molar-refractivity contribution in [3.8, 4) is 0 Å². The van der Waals surface area contributed by atoms with E-state index in [1.165, 1.54) is 22.4 Å². The summed E-state index contributed by atoms with van der Waals surface area (Å²) in [5.74, 6) is -0.683. The van der Waals surface area contributed by atoms with E-state index >= 15 is 0 Å². The number of amides is 3. The minimum atomic E-state index is -0.683. The molecule has 106 valence electrons. The Hall–Kier alpha value is -2.48. The molecule has 1 heterocycles. The summed E-state index contributed by atoms with van der Waals surface area (Å²) in [6, 6.07) is 0.516. The Bertz CT molecular complexity index is 543. The monoisotopic (exact) mass is 295 g/mol. The molecule has 8 heteroatoms. The Morgan fingerprint density at radius 2 is 2.00 bits per heavy atom. The van der Waals surface area contributed by atoms with Gasteiger partial charge in [0.15, 0.2) is 0 Å². The second kappa shape index (κ2) is 7.19. The molecule has 1 N–H and O–H groups in total. The van der Waals surface area contributed by atoms with Gasteiger partial charge in [-0.25, -0.2) is 4.79 Å². The van der Waals surface area contributed by atoms with Gasteiger partial charge in [-0.15, -0.1) is 13.2 Å². The average molecular weight is 295 g/mol. The minimum Gasteiger partial charge on any atom is -0.317 e. The number of rotatable bonds is 6. The Balaban J connectivity index is 2.72. The van der Waals surface area contributed by atoms with Gasteiger partial charge in [0.05, 0.1) is 10.5 Å². The fourth-order valence-corrected chi connectivity index (χ4v) is 2.04.